The van der Waals surface area contributed by atoms with Gasteiger partial charge in [0.2, 0.25) is 6.79 Å². The Labute approximate surface area is 159 Å². The molecule has 0 spiro atoms. The first-order valence-corrected chi connectivity index (χ1v) is 8.67. The van der Waals surface area contributed by atoms with Gasteiger partial charge in [0.25, 0.3) is 5.91 Å². The molecule has 0 aliphatic carbocycles. The monoisotopic (exact) mass is 506 g/mol. The van der Waals surface area contributed by atoms with Crippen LogP contribution in [0.4, 0.5) is 0 Å². The number of nitrogens with one attached hydrogen (secondary N) is 1. The zero-order valence-corrected chi connectivity index (χ0v) is 16.0. The van der Waals surface area contributed by atoms with Crippen LogP contribution in [0, 0.1) is 3.57 Å². The van der Waals surface area contributed by atoms with Crippen LogP contribution in [0.25, 0.3) is 0 Å². The summed E-state index contributed by atoms with van der Waals surface area (Å²) in [5.41, 5.74) is 3.59. The highest BCUT2D eigenvalue weighted by atomic mass is 127. The first-order chi connectivity index (χ1) is 11.0. The summed E-state index contributed by atoms with van der Waals surface area (Å²) in [5.74, 6) is 0.937. The van der Waals surface area contributed by atoms with Crippen LogP contribution in [0.3, 0.4) is 0 Å². The molecule has 0 saturated heterocycles. The standard InChI is InChI=1S/C15H9BrClIN2O3/c16-11-5-14-13(22-7-23-14)3-8(11)6-19-20-15(21)10-4-9(18)1-2-12(10)17/h1-6H,7H2,(H,20,21)/b19-6-. The molecular weight excluding hydrogens is 498 g/mol. The minimum Gasteiger partial charge on any atom is -0.454 e. The van der Waals surface area contributed by atoms with E-state index in [1.807, 2.05) is 6.07 Å². The molecule has 8 heteroatoms. The number of nitrogens with zero attached hydrogens (tertiary/aromatic N) is 1. The Bertz CT molecular complexity index is 814. The Morgan fingerprint density at radius 3 is 2.83 bits per heavy atom. The number of carbonyl (C=O) groups excluding carboxylic acids is 1. The number of hydrogen-bond donors (Lipinski definition) is 1. The predicted octanol–water partition coefficient (Wildman–Crippen LogP) is 4.20. The number of halogens is 3. The molecule has 5 nitrogen and oxygen atoms in total. The molecule has 23 heavy (non-hydrogen) atoms. The van der Waals surface area contributed by atoms with Crippen LogP contribution in [0.5, 0.6) is 11.5 Å². The SMILES string of the molecule is O=C(N/N=C\c1cc2c(cc1Br)OCO2)c1cc(I)ccc1Cl. The molecule has 1 amide bonds. The van der Waals surface area contributed by atoms with E-state index in [0.717, 1.165) is 13.6 Å². The van der Waals surface area contributed by atoms with E-state index in [0.29, 0.717) is 22.1 Å². The summed E-state index contributed by atoms with van der Waals surface area (Å²) in [4.78, 5) is 12.1. The van der Waals surface area contributed by atoms with E-state index in [4.69, 9.17) is 21.1 Å². The molecule has 0 atom stereocenters. The molecule has 0 bridgehead atoms. The molecule has 1 heterocycles. The van der Waals surface area contributed by atoms with Crippen molar-refractivity contribution < 1.29 is 14.3 Å². The van der Waals surface area contributed by atoms with Gasteiger partial charge in [-0.25, -0.2) is 5.43 Å². The largest absolute Gasteiger partial charge is 0.454 e. The smallest absolute Gasteiger partial charge is 0.272 e. The van der Waals surface area contributed by atoms with Crippen molar-refractivity contribution in [3.05, 3.63) is 54.5 Å². The lowest BCUT2D eigenvalue weighted by Gasteiger charge is -2.04. The maximum Gasteiger partial charge on any atom is 0.272 e. The van der Waals surface area contributed by atoms with E-state index >= 15 is 0 Å². The van der Waals surface area contributed by atoms with Crippen LogP contribution in [-0.4, -0.2) is 18.9 Å². The van der Waals surface area contributed by atoms with Gasteiger partial charge in [0.15, 0.2) is 11.5 Å². The topological polar surface area (TPSA) is 59.9 Å². The summed E-state index contributed by atoms with van der Waals surface area (Å²) in [6.07, 6.45) is 1.52. The Hall–Kier alpha value is -1.32. The Morgan fingerprint density at radius 1 is 1.30 bits per heavy atom. The first kappa shape index (κ1) is 16.5. The summed E-state index contributed by atoms with van der Waals surface area (Å²) in [7, 11) is 0. The van der Waals surface area contributed by atoms with E-state index < -0.39 is 0 Å². The van der Waals surface area contributed by atoms with Crippen LogP contribution in [0.2, 0.25) is 5.02 Å². The molecule has 1 aliphatic heterocycles. The zero-order chi connectivity index (χ0) is 16.4. The Morgan fingerprint density at radius 2 is 2.04 bits per heavy atom. The van der Waals surface area contributed by atoms with Gasteiger partial charge in [-0.2, -0.15) is 5.10 Å². The van der Waals surface area contributed by atoms with Gasteiger partial charge in [0, 0.05) is 13.6 Å². The van der Waals surface area contributed by atoms with Gasteiger partial charge in [0.05, 0.1) is 16.8 Å². The maximum absolute atomic E-state index is 12.1. The van der Waals surface area contributed by atoms with Crippen molar-refractivity contribution in [2.24, 2.45) is 5.10 Å². The second-order valence-electron chi connectivity index (χ2n) is 4.55. The zero-order valence-electron chi connectivity index (χ0n) is 11.5. The van der Waals surface area contributed by atoms with Crippen molar-refractivity contribution in [1.29, 1.82) is 0 Å². The van der Waals surface area contributed by atoms with Gasteiger partial charge in [-0.3, -0.25) is 4.79 Å². The minimum absolute atomic E-state index is 0.199. The number of amides is 1. The van der Waals surface area contributed by atoms with Gasteiger partial charge in [-0.15, -0.1) is 0 Å². The van der Waals surface area contributed by atoms with Crippen molar-refractivity contribution >= 4 is 62.2 Å². The second kappa shape index (κ2) is 7.06. The third-order valence-electron chi connectivity index (χ3n) is 3.03. The molecule has 0 unspecified atom stereocenters. The number of rotatable bonds is 3. The van der Waals surface area contributed by atoms with Crippen molar-refractivity contribution in [3.63, 3.8) is 0 Å². The number of benzene rings is 2. The molecule has 1 N–H and O–H groups in total. The van der Waals surface area contributed by atoms with E-state index in [1.165, 1.54) is 6.21 Å². The minimum atomic E-state index is -0.373. The highest BCUT2D eigenvalue weighted by Gasteiger charge is 2.15. The maximum atomic E-state index is 12.1. The van der Waals surface area contributed by atoms with E-state index in [-0.39, 0.29) is 12.7 Å². The Balaban J connectivity index is 1.74. The highest BCUT2D eigenvalue weighted by Crippen LogP contribution is 2.36. The van der Waals surface area contributed by atoms with Crippen LogP contribution in [0.1, 0.15) is 15.9 Å². The quantitative estimate of drug-likeness (QED) is 0.385. The van der Waals surface area contributed by atoms with Crippen LogP contribution in [-0.2, 0) is 0 Å². The molecule has 0 radical (unpaired) electrons. The molecular formula is C15H9BrClIN2O3. The second-order valence-corrected chi connectivity index (χ2v) is 7.06. The molecule has 118 valence electrons. The van der Waals surface area contributed by atoms with E-state index in [1.54, 1.807) is 24.3 Å². The normalized spacial score (nSPS) is 12.7. The molecule has 2 aromatic carbocycles. The van der Waals surface area contributed by atoms with Gasteiger partial charge < -0.3 is 9.47 Å². The summed E-state index contributed by atoms with van der Waals surface area (Å²) < 4.78 is 12.3. The average molecular weight is 508 g/mol. The summed E-state index contributed by atoms with van der Waals surface area (Å²) in [5, 5.41) is 4.34. The Kier molecular flexibility index (Phi) is 5.08. The lowest BCUT2D eigenvalue weighted by Crippen LogP contribution is -2.18. The third-order valence-corrected chi connectivity index (χ3v) is 4.72. The van der Waals surface area contributed by atoms with Crippen molar-refractivity contribution in [2.45, 2.75) is 0 Å². The molecule has 0 saturated carbocycles. The predicted molar refractivity (Wildman–Crippen MR) is 99.5 cm³/mol. The van der Waals surface area contributed by atoms with Crippen molar-refractivity contribution in [2.75, 3.05) is 6.79 Å². The van der Waals surface area contributed by atoms with Gasteiger partial charge in [-0.1, -0.05) is 11.6 Å². The van der Waals surface area contributed by atoms with Crippen LogP contribution < -0.4 is 14.9 Å². The van der Waals surface area contributed by atoms with Crippen molar-refractivity contribution in [1.82, 2.24) is 5.43 Å². The average Bonchev–Trinajstić information content (AvgIpc) is 2.96. The molecule has 1 aliphatic rings. The van der Waals surface area contributed by atoms with Gasteiger partial charge in [-0.05, 0) is 68.9 Å². The molecule has 0 fully saturated rings. The fraction of sp³-hybridized carbons (Fsp3) is 0.0667. The summed E-state index contributed by atoms with van der Waals surface area (Å²) >= 11 is 11.6. The van der Waals surface area contributed by atoms with Crippen LogP contribution in [0.15, 0.2) is 39.9 Å². The number of ether oxygens (including phenoxy) is 2. The lowest BCUT2D eigenvalue weighted by molar-refractivity contribution is 0.0955. The number of hydrazone groups is 1. The van der Waals surface area contributed by atoms with Crippen LogP contribution >= 0.6 is 50.1 Å². The summed E-state index contributed by atoms with van der Waals surface area (Å²) in [6, 6.07) is 8.77. The fourth-order valence-electron chi connectivity index (χ4n) is 1.92. The molecule has 0 aromatic heterocycles. The number of hydrogen-bond acceptors (Lipinski definition) is 4. The van der Waals surface area contributed by atoms with Gasteiger partial charge in [0.1, 0.15) is 0 Å². The fourth-order valence-corrected chi connectivity index (χ4v) is 3.04. The van der Waals surface area contributed by atoms with E-state index in [9.17, 15) is 4.79 Å². The highest BCUT2D eigenvalue weighted by molar-refractivity contribution is 14.1. The number of carbonyl (C=O) groups is 1. The third kappa shape index (κ3) is 3.78. The first-order valence-electron chi connectivity index (χ1n) is 6.42. The van der Waals surface area contributed by atoms with E-state index in [2.05, 4.69) is 49.0 Å². The number of fused-ring (bicyclic) bond motifs is 1. The summed E-state index contributed by atoms with van der Waals surface area (Å²) in [6.45, 7) is 0.199. The van der Waals surface area contributed by atoms with Gasteiger partial charge >= 0.3 is 0 Å². The molecule has 3 rings (SSSR count). The lowest BCUT2D eigenvalue weighted by atomic mass is 10.2. The molecule has 2 aromatic rings. The van der Waals surface area contributed by atoms with Crippen molar-refractivity contribution in [3.8, 4) is 11.5 Å².